The first-order valence-electron chi connectivity index (χ1n) is 6.09. The van der Waals surface area contributed by atoms with Crippen LogP contribution in [0.4, 0.5) is 0 Å². The molecule has 1 unspecified atom stereocenters. The van der Waals surface area contributed by atoms with Crippen molar-refractivity contribution in [3.05, 3.63) is 71.3 Å². The summed E-state index contributed by atoms with van der Waals surface area (Å²) in [5, 5.41) is 3.53. The molecule has 2 aromatic carbocycles. The molecule has 0 spiro atoms. The molecule has 0 aromatic heterocycles. The fourth-order valence-electron chi connectivity index (χ4n) is 1.84. The minimum absolute atomic E-state index is 0. The van der Waals surface area contributed by atoms with Gasteiger partial charge in [-0.3, -0.25) is 0 Å². The van der Waals surface area contributed by atoms with E-state index in [1.807, 2.05) is 6.07 Å². The summed E-state index contributed by atoms with van der Waals surface area (Å²) in [5.41, 5.74) is 3.97. The fourth-order valence-corrected chi connectivity index (χ4v) is 1.84. The average Bonchev–Trinajstić information content (AvgIpc) is 2.38. The number of halogens is 1. The van der Waals surface area contributed by atoms with E-state index in [9.17, 15) is 0 Å². The normalized spacial score (nSPS) is 11.7. The average molecular weight is 262 g/mol. The van der Waals surface area contributed by atoms with Crippen molar-refractivity contribution < 1.29 is 0 Å². The van der Waals surface area contributed by atoms with Crippen LogP contribution in [0.5, 0.6) is 0 Å². The van der Waals surface area contributed by atoms with Crippen LogP contribution in [0.1, 0.15) is 29.7 Å². The van der Waals surface area contributed by atoms with Gasteiger partial charge >= 0.3 is 0 Å². The molecule has 2 heteroatoms. The zero-order chi connectivity index (χ0) is 12.1. The molecule has 2 aromatic rings. The summed E-state index contributed by atoms with van der Waals surface area (Å²) in [6.07, 6.45) is 0. The molecule has 0 aliphatic rings. The lowest BCUT2D eigenvalue weighted by atomic mass is 10.1. The Hall–Kier alpha value is -1.31. The van der Waals surface area contributed by atoms with E-state index in [0.717, 1.165) is 6.54 Å². The van der Waals surface area contributed by atoms with E-state index in [1.54, 1.807) is 0 Å². The predicted octanol–water partition coefficient (Wildman–Crippen LogP) is 4.27. The summed E-state index contributed by atoms with van der Waals surface area (Å²) in [4.78, 5) is 0. The second-order valence-corrected chi connectivity index (χ2v) is 4.50. The molecule has 1 N–H and O–H groups in total. The van der Waals surface area contributed by atoms with E-state index in [-0.39, 0.29) is 12.4 Å². The molecule has 0 aliphatic heterocycles. The topological polar surface area (TPSA) is 12.0 Å². The second kappa shape index (κ2) is 7.20. The first kappa shape index (κ1) is 14.7. The number of nitrogens with one attached hydrogen (secondary N) is 1. The first-order valence-corrected chi connectivity index (χ1v) is 6.09. The maximum absolute atomic E-state index is 3.53. The second-order valence-electron chi connectivity index (χ2n) is 4.50. The van der Waals surface area contributed by atoms with Crippen molar-refractivity contribution in [2.45, 2.75) is 26.4 Å². The van der Waals surface area contributed by atoms with Gasteiger partial charge in [0, 0.05) is 12.6 Å². The van der Waals surface area contributed by atoms with Crippen LogP contribution in [0.2, 0.25) is 0 Å². The highest BCUT2D eigenvalue weighted by atomic mass is 35.5. The Morgan fingerprint density at radius 1 is 0.944 bits per heavy atom. The van der Waals surface area contributed by atoms with Gasteiger partial charge in [0.05, 0.1) is 0 Å². The van der Waals surface area contributed by atoms with Gasteiger partial charge in [-0.1, -0.05) is 60.2 Å². The van der Waals surface area contributed by atoms with E-state index in [0.29, 0.717) is 6.04 Å². The third-order valence-corrected chi connectivity index (χ3v) is 3.03. The standard InChI is InChI=1S/C16H19N.ClH/c1-13-8-10-16(11-9-13)14(2)17-12-15-6-4-3-5-7-15;/h3-11,14,17H,12H2,1-2H3;1H. The molecule has 0 amide bonds. The molecule has 0 heterocycles. The van der Waals surface area contributed by atoms with Gasteiger partial charge in [0.25, 0.3) is 0 Å². The SMILES string of the molecule is Cc1ccc(C(C)NCc2ccccc2)cc1.Cl. The van der Waals surface area contributed by atoms with Gasteiger partial charge in [-0.05, 0) is 25.0 Å². The molecule has 0 bridgehead atoms. The maximum atomic E-state index is 3.53. The van der Waals surface area contributed by atoms with Gasteiger partial charge in [0.2, 0.25) is 0 Å². The van der Waals surface area contributed by atoms with Crippen LogP contribution in [0.15, 0.2) is 54.6 Å². The van der Waals surface area contributed by atoms with Crippen molar-refractivity contribution in [3.8, 4) is 0 Å². The Bertz CT molecular complexity index is 450. The Morgan fingerprint density at radius 3 is 2.17 bits per heavy atom. The van der Waals surface area contributed by atoms with Crippen LogP contribution in [0.25, 0.3) is 0 Å². The Balaban J connectivity index is 0.00000162. The minimum atomic E-state index is 0. The number of aryl methyl sites for hydroxylation is 1. The molecule has 18 heavy (non-hydrogen) atoms. The molecular formula is C16H20ClN. The van der Waals surface area contributed by atoms with Gasteiger partial charge < -0.3 is 5.32 Å². The van der Waals surface area contributed by atoms with Crippen molar-refractivity contribution in [2.24, 2.45) is 0 Å². The Kier molecular flexibility index (Phi) is 5.90. The minimum Gasteiger partial charge on any atom is -0.306 e. The zero-order valence-corrected chi connectivity index (χ0v) is 11.7. The van der Waals surface area contributed by atoms with Crippen LogP contribution in [-0.2, 0) is 6.54 Å². The van der Waals surface area contributed by atoms with Crippen LogP contribution in [0.3, 0.4) is 0 Å². The smallest absolute Gasteiger partial charge is 0.0294 e. The van der Waals surface area contributed by atoms with Crippen LogP contribution in [-0.4, -0.2) is 0 Å². The molecule has 2 rings (SSSR count). The third kappa shape index (κ3) is 4.17. The van der Waals surface area contributed by atoms with Gasteiger partial charge in [-0.2, -0.15) is 0 Å². The highest BCUT2D eigenvalue weighted by Crippen LogP contribution is 2.13. The van der Waals surface area contributed by atoms with Gasteiger partial charge in [-0.25, -0.2) is 0 Å². The molecule has 0 radical (unpaired) electrons. The lowest BCUT2D eigenvalue weighted by molar-refractivity contribution is 0.574. The van der Waals surface area contributed by atoms with Crippen molar-refractivity contribution in [1.29, 1.82) is 0 Å². The molecule has 0 fully saturated rings. The summed E-state index contributed by atoms with van der Waals surface area (Å²) < 4.78 is 0. The van der Waals surface area contributed by atoms with Crippen molar-refractivity contribution in [2.75, 3.05) is 0 Å². The van der Waals surface area contributed by atoms with E-state index in [2.05, 4.69) is 67.7 Å². The predicted molar refractivity (Wildman–Crippen MR) is 80.1 cm³/mol. The van der Waals surface area contributed by atoms with Crippen LogP contribution < -0.4 is 5.32 Å². The summed E-state index contributed by atoms with van der Waals surface area (Å²) in [6, 6.07) is 19.6. The van der Waals surface area contributed by atoms with Crippen LogP contribution >= 0.6 is 12.4 Å². The molecule has 1 nitrogen and oxygen atoms in total. The van der Waals surface area contributed by atoms with Gasteiger partial charge in [0.15, 0.2) is 0 Å². The van der Waals surface area contributed by atoms with Crippen molar-refractivity contribution in [3.63, 3.8) is 0 Å². The molecule has 0 saturated carbocycles. The largest absolute Gasteiger partial charge is 0.306 e. The number of benzene rings is 2. The third-order valence-electron chi connectivity index (χ3n) is 3.03. The first-order chi connectivity index (χ1) is 8.25. The molecule has 96 valence electrons. The molecular weight excluding hydrogens is 242 g/mol. The summed E-state index contributed by atoms with van der Waals surface area (Å²) >= 11 is 0. The fraction of sp³-hybridized carbons (Fsp3) is 0.250. The van der Waals surface area contributed by atoms with Crippen LogP contribution in [0, 0.1) is 6.92 Å². The van der Waals surface area contributed by atoms with E-state index >= 15 is 0 Å². The number of hydrogen-bond acceptors (Lipinski definition) is 1. The summed E-state index contributed by atoms with van der Waals surface area (Å²) in [5.74, 6) is 0. The molecule has 0 saturated heterocycles. The highest BCUT2D eigenvalue weighted by molar-refractivity contribution is 5.85. The zero-order valence-electron chi connectivity index (χ0n) is 10.9. The quantitative estimate of drug-likeness (QED) is 0.867. The highest BCUT2D eigenvalue weighted by Gasteiger charge is 2.03. The lowest BCUT2D eigenvalue weighted by Crippen LogP contribution is -2.17. The van der Waals surface area contributed by atoms with Gasteiger partial charge in [0.1, 0.15) is 0 Å². The summed E-state index contributed by atoms with van der Waals surface area (Å²) in [6.45, 7) is 5.23. The Labute approximate surface area is 116 Å². The van der Waals surface area contributed by atoms with E-state index in [1.165, 1.54) is 16.7 Å². The lowest BCUT2D eigenvalue weighted by Gasteiger charge is -2.14. The maximum Gasteiger partial charge on any atom is 0.0294 e. The number of rotatable bonds is 4. The van der Waals surface area contributed by atoms with E-state index < -0.39 is 0 Å². The summed E-state index contributed by atoms with van der Waals surface area (Å²) in [7, 11) is 0. The molecule has 1 atom stereocenters. The Morgan fingerprint density at radius 2 is 1.56 bits per heavy atom. The molecule has 0 aliphatic carbocycles. The monoisotopic (exact) mass is 261 g/mol. The number of hydrogen-bond donors (Lipinski definition) is 1. The van der Waals surface area contributed by atoms with Gasteiger partial charge in [-0.15, -0.1) is 12.4 Å². The van der Waals surface area contributed by atoms with E-state index in [4.69, 9.17) is 0 Å². The van der Waals surface area contributed by atoms with Crippen molar-refractivity contribution >= 4 is 12.4 Å². The van der Waals surface area contributed by atoms with Crippen molar-refractivity contribution in [1.82, 2.24) is 5.32 Å².